The van der Waals surface area contributed by atoms with Gasteiger partial charge in [0.05, 0.1) is 32.7 Å². The molecule has 0 spiro atoms. The van der Waals surface area contributed by atoms with Gasteiger partial charge in [0.25, 0.3) is 5.91 Å². The molecule has 1 saturated heterocycles. The van der Waals surface area contributed by atoms with E-state index in [1.54, 1.807) is 13.2 Å². The molecule has 1 heterocycles. The monoisotopic (exact) mass is 335 g/mol. The number of carbonyl (C=O) groups excluding carboxylic acids is 2. The minimum Gasteiger partial charge on any atom is -0.497 e. The molecule has 0 aromatic heterocycles. The topological polar surface area (TPSA) is 69.1 Å². The zero-order chi connectivity index (χ0) is 17.5. The van der Waals surface area contributed by atoms with Gasteiger partial charge in [0.15, 0.2) is 6.04 Å². The van der Waals surface area contributed by atoms with Crippen molar-refractivity contribution in [2.75, 3.05) is 32.1 Å². The van der Waals surface area contributed by atoms with Gasteiger partial charge < -0.3 is 19.7 Å². The Morgan fingerprint density at radius 1 is 1.33 bits per heavy atom. The van der Waals surface area contributed by atoms with Gasteiger partial charge >= 0.3 is 5.97 Å². The zero-order valence-corrected chi connectivity index (χ0v) is 14.6. The molecule has 24 heavy (non-hydrogen) atoms. The molecule has 0 bridgehead atoms. The van der Waals surface area contributed by atoms with Crippen LogP contribution in [0.25, 0.3) is 0 Å². The lowest BCUT2D eigenvalue weighted by molar-refractivity contribution is -0.919. The molecule has 1 aromatic carbocycles. The molecule has 1 atom stereocenters. The van der Waals surface area contributed by atoms with Crippen LogP contribution in [0.5, 0.6) is 5.75 Å². The maximum Gasteiger partial charge on any atom is 0.309 e. The molecule has 1 aliphatic heterocycles. The Labute approximate surface area is 143 Å². The van der Waals surface area contributed by atoms with Gasteiger partial charge in [0.1, 0.15) is 5.75 Å². The van der Waals surface area contributed by atoms with E-state index in [4.69, 9.17) is 9.47 Å². The lowest BCUT2D eigenvalue weighted by atomic mass is 9.96. The highest BCUT2D eigenvalue weighted by molar-refractivity contribution is 5.93. The summed E-state index contributed by atoms with van der Waals surface area (Å²) in [5.41, 5.74) is 0.729. The number of anilines is 1. The van der Waals surface area contributed by atoms with E-state index >= 15 is 0 Å². The molecule has 132 valence electrons. The van der Waals surface area contributed by atoms with Crippen LogP contribution in [0.1, 0.15) is 26.7 Å². The normalized spacial score (nSPS) is 21.6. The molecule has 0 unspecified atom stereocenters. The van der Waals surface area contributed by atoms with E-state index in [2.05, 4.69) is 5.32 Å². The third-order valence-electron chi connectivity index (χ3n) is 4.59. The van der Waals surface area contributed by atoms with Crippen molar-refractivity contribution >= 4 is 17.6 Å². The molecule has 0 radical (unpaired) electrons. The summed E-state index contributed by atoms with van der Waals surface area (Å²) in [6.45, 7) is 5.77. The number of likely N-dealkylation sites (tertiary alicyclic amines) is 1. The minimum atomic E-state index is -0.167. The number of amides is 1. The Bertz CT molecular complexity index is 568. The zero-order valence-electron chi connectivity index (χ0n) is 14.6. The van der Waals surface area contributed by atoms with Gasteiger partial charge in [-0.05, 0) is 26.0 Å². The molecule has 6 nitrogen and oxygen atoms in total. The minimum absolute atomic E-state index is 0.0205. The maximum absolute atomic E-state index is 12.5. The molecule has 1 amide bonds. The summed E-state index contributed by atoms with van der Waals surface area (Å²) in [7, 11) is 1.60. The Balaban J connectivity index is 1.86. The van der Waals surface area contributed by atoms with Crippen LogP contribution in [0.4, 0.5) is 5.69 Å². The van der Waals surface area contributed by atoms with Crippen LogP contribution in [0.15, 0.2) is 24.3 Å². The van der Waals surface area contributed by atoms with Crippen molar-refractivity contribution in [1.82, 2.24) is 0 Å². The number of hydrogen-bond donors (Lipinski definition) is 2. The van der Waals surface area contributed by atoms with Crippen LogP contribution in [-0.4, -0.2) is 44.7 Å². The van der Waals surface area contributed by atoms with Gasteiger partial charge in [0.2, 0.25) is 0 Å². The van der Waals surface area contributed by atoms with E-state index in [1.807, 2.05) is 32.0 Å². The number of quaternary nitrogens is 1. The number of esters is 1. The van der Waals surface area contributed by atoms with Crippen LogP contribution >= 0.6 is 0 Å². The third-order valence-corrected chi connectivity index (χ3v) is 4.59. The lowest BCUT2D eigenvalue weighted by Gasteiger charge is -2.31. The van der Waals surface area contributed by atoms with Crippen molar-refractivity contribution in [3.8, 4) is 5.75 Å². The Morgan fingerprint density at radius 2 is 2.04 bits per heavy atom. The van der Waals surface area contributed by atoms with Crippen LogP contribution in [-0.2, 0) is 14.3 Å². The molecular formula is C18H27N2O4+. The summed E-state index contributed by atoms with van der Waals surface area (Å²) in [5, 5.41) is 2.94. The van der Waals surface area contributed by atoms with E-state index in [-0.39, 0.29) is 23.8 Å². The van der Waals surface area contributed by atoms with Crippen LogP contribution in [0.2, 0.25) is 0 Å². The van der Waals surface area contributed by atoms with Crippen LogP contribution in [0, 0.1) is 5.92 Å². The SMILES string of the molecule is CCOC(=O)C1CC[NH+]([C@@H](C)C(=O)Nc2cccc(OC)c2)CC1. The molecule has 1 aromatic rings. The number of hydrogen-bond acceptors (Lipinski definition) is 4. The molecule has 1 aliphatic rings. The molecule has 0 saturated carbocycles. The number of rotatable bonds is 6. The lowest BCUT2D eigenvalue weighted by Crippen LogP contribution is -3.17. The van der Waals surface area contributed by atoms with Gasteiger partial charge in [-0.1, -0.05) is 6.07 Å². The largest absolute Gasteiger partial charge is 0.497 e. The smallest absolute Gasteiger partial charge is 0.309 e. The summed E-state index contributed by atoms with van der Waals surface area (Å²) in [5.74, 6) is 0.559. The Hall–Kier alpha value is -2.08. The van der Waals surface area contributed by atoms with Crippen LogP contribution < -0.4 is 15.0 Å². The van der Waals surface area contributed by atoms with Crippen molar-refractivity contribution in [2.24, 2.45) is 5.92 Å². The van der Waals surface area contributed by atoms with Crippen molar-refractivity contribution in [2.45, 2.75) is 32.7 Å². The summed E-state index contributed by atoms with van der Waals surface area (Å²) in [6, 6.07) is 7.16. The number of methoxy groups -OCH3 is 1. The van der Waals surface area contributed by atoms with E-state index in [1.165, 1.54) is 4.90 Å². The van der Waals surface area contributed by atoms with Gasteiger partial charge in [-0.25, -0.2) is 0 Å². The first-order chi connectivity index (χ1) is 11.5. The van der Waals surface area contributed by atoms with E-state index in [0.29, 0.717) is 12.4 Å². The fraction of sp³-hybridized carbons (Fsp3) is 0.556. The van der Waals surface area contributed by atoms with Crippen molar-refractivity contribution in [3.05, 3.63) is 24.3 Å². The summed E-state index contributed by atoms with van der Waals surface area (Å²) >= 11 is 0. The van der Waals surface area contributed by atoms with Crippen molar-refractivity contribution < 1.29 is 24.0 Å². The first kappa shape index (κ1) is 18.3. The van der Waals surface area contributed by atoms with Gasteiger partial charge in [-0.15, -0.1) is 0 Å². The van der Waals surface area contributed by atoms with E-state index in [0.717, 1.165) is 31.6 Å². The number of benzene rings is 1. The number of nitrogens with one attached hydrogen (secondary N) is 2. The fourth-order valence-corrected chi connectivity index (χ4v) is 3.05. The Kier molecular flexibility index (Phi) is 6.61. The van der Waals surface area contributed by atoms with E-state index < -0.39 is 0 Å². The van der Waals surface area contributed by atoms with Crippen molar-refractivity contribution in [3.63, 3.8) is 0 Å². The molecule has 1 fully saturated rings. The Morgan fingerprint density at radius 3 is 2.67 bits per heavy atom. The second-order valence-corrected chi connectivity index (χ2v) is 6.13. The van der Waals surface area contributed by atoms with Gasteiger partial charge in [0, 0.05) is 24.6 Å². The molecule has 0 aliphatic carbocycles. The molecular weight excluding hydrogens is 308 g/mol. The second-order valence-electron chi connectivity index (χ2n) is 6.13. The fourth-order valence-electron chi connectivity index (χ4n) is 3.05. The third kappa shape index (κ3) is 4.71. The first-order valence-corrected chi connectivity index (χ1v) is 8.51. The van der Waals surface area contributed by atoms with Gasteiger partial charge in [-0.2, -0.15) is 0 Å². The quantitative estimate of drug-likeness (QED) is 0.757. The summed E-state index contributed by atoms with van der Waals surface area (Å²) in [4.78, 5) is 25.5. The first-order valence-electron chi connectivity index (χ1n) is 8.51. The second kappa shape index (κ2) is 8.68. The van der Waals surface area contributed by atoms with E-state index in [9.17, 15) is 9.59 Å². The average molecular weight is 335 g/mol. The highest BCUT2D eigenvalue weighted by Crippen LogP contribution is 2.17. The average Bonchev–Trinajstić information content (AvgIpc) is 2.61. The van der Waals surface area contributed by atoms with Gasteiger partial charge in [-0.3, -0.25) is 9.59 Å². The molecule has 2 rings (SSSR count). The predicted octanol–water partition coefficient (Wildman–Crippen LogP) is 0.880. The number of carbonyl (C=O) groups is 2. The predicted molar refractivity (Wildman–Crippen MR) is 91.1 cm³/mol. The highest BCUT2D eigenvalue weighted by atomic mass is 16.5. The standard InChI is InChI=1S/C18H26N2O4/c1-4-24-18(22)14-8-10-20(11-9-14)13(2)17(21)19-15-6-5-7-16(12-15)23-3/h5-7,12-14H,4,8-11H2,1-3H3,(H,19,21)/p+1/t13-/m0/s1. The molecule has 2 N–H and O–H groups in total. The maximum atomic E-state index is 12.5. The summed E-state index contributed by atoms with van der Waals surface area (Å²) < 4.78 is 10.3. The van der Waals surface area contributed by atoms with Crippen LogP contribution in [0.3, 0.4) is 0 Å². The highest BCUT2D eigenvalue weighted by Gasteiger charge is 2.33. The number of ether oxygens (including phenoxy) is 2. The molecule has 6 heteroatoms. The van der Waals surface area contributed by atoms with Crippen molar-refractivity contribution in [1.29, 1.82) is 0 Å². The number of piperidine rings is 1. The summed E-state index contributed by atoms with van der Waals surface area (Å²) in [6.07, 6.45) is 1.54.